The molecular weight excluding hydrogens is 414 g/mol. The normalized spacial score (nSPS) is 24.6. The largest absolute Gasteiger partial charge is 0.337 e. The second-order valence-corrected chi connectivity index (χ2v) is 10.1. The number of nitrogens with zero attached hydrogens (tertiary/aromatic N) is 6. The summed E-state index contributed by atoms with van der Waals surface area (Å²) in [6.07, 6.45) is 5.24. The molecule has 3 heterocycles. The predicted octanol–water partition coefficient (Wildman–Crippen LogP) is 2.62. The molecular formula is C25H31N7O. The van der Waals surface area contributed by atoms with E-state index in [0.29, 0.717) is 30.0 Å². The number of benzene rings is 1. The Morgan fingerprint density at radius 2 is 1.76 bits per heavy atom. The Bertz CT molecular complexity index is 1010. The summed E-state index contributed by atoms with van der Waals surface area (Å²) in [5.41, 5.74) is 2.21. The lowest BCUT2D eigenvalue weighted by Crippen LogP contribution is -2.68. The van der Waals surface area contributed by atoms with Gasteiger partial charge in [-0.1, -0.05) is 30.3 Å². The Hall–Kier alpha value is -3.18. The molecule has 0 radical (unpaired) electrons. The fourth-order valence-electron chi connectivity index (χ4n) is 5.88. The average Bonchev–Trinajstić information content (AvgIpc) is 2.76. The molecule has 2 aromatic rings. The molecule has 0 unspecified atom stereocenters. The Balaban J connectivity index is 1.09. The first-order valence-corrected chi connectivity index (χ1v) is 11.8. The van der Waals surface area contributed by atoms with Gasteiger partial charge in [0, 0.05) is 50.8 Å². The molecule has 2 saturated heterocycles. The third kappa shape index (κ3) is 4.38. The maximum Gasteiger partial charge on any atom is 0.318 e. The van der Waals surface area contributed by atoms with E-state index in [1.807, 2.05) is 11.0 Å². The average molecular weight is 446 g/mol. The summed E-state index contributed by atoms with van der Waals surface area (Å²) in [5, 5.41) is 12.2. The first kappa shape index (κ1) is 21.7. The summed E-state index contributed by atoms with van der Waals surface area (Å²) < 4.78 is 0. The molecule has 3 aliphatic rings. The number of aromatic nitrogens is 2. The van der Waals surface area contributed by atoms with Gasteiger partial charge in [-0.15, -0.1) is 0 Å². The number of hydrogen-bond acceptors (Lipinski definition) is 6. The Morgan fingerprint density at radius 1 is 1.12 bits per heavy atom. The zero-order valence-electron chi connectivity index (χ0n) is 19.3. The van der Waals surface area contributed by atoms with Crippen LogP contribution in [0.5, 0.6) is 0 Å². The van der Waals surface area contributed by atoms with Gasteiger partial charge in [0.1, 0.15) is 6.07 Å². The van der Waals surface area contributed by atoms with E-state index in [2.05, 4.69) is 69.3 Å². The molecule has 5 rings (SSSR count). The van der Waals surface area contributed by atoms with Crippen molar-refractivity contribution in [2.45, 2.75) is 51.4 Å². The lowest BCUT2D eigenvalue weighted by atomic mass is 9.60. The highest BCUT2D eigenvalue weighted by Crippen LogP contribution is 2.48. The number of amides is 2. The monoisotopic (exact) mass is 445 g/mol. The van der Waals surface area contributed by atoms with Crippen LogP contribution in [0.25, 0.3) is 0 Å². The highest BCUT2D eigenvalue weighted by atomic mass is 16.2. The van der Waals surface area contributed by atoms with E-state index >= 15 is 0 Å². The molecule has 1 spiro atoms. The number of likely N-dealkylation sites (tertiary alicyclic amines) is 1. The van der Waals surface area contributed by atoms with Crippen LogP contribution in [0.1, 0.15) is 37.8 Å². The zero-order chi connectivity index (χ0) is 23.0. The third-order valence-electron chi connectivity index (χ3n) is 7.26. The second kappa shape index (κ2) is 8.64. The lowest BCUT2D eigenvalue weighted by molar-refractivity contribution is -0.0812. The smallest absolute Gasteiger partial charge is 0.318 e. The van der Waals surface area contributed by atoms with Gasteiger partial charge < -0.3 is 15.1 Å². The van der Waals surface area contributed by atoms with Crippen LogP contribution in [0.2, 0.25) is 0 Å². The van der Waals surface area contributed by atoms with E-state index in [9.17, 15) is 4.79 Å². The molecule has 2 aliphatic heterocycles. The summed E-state index contributed by atoms with van der Waals surface area (Å²) in [5.74, 6) is 0.610. The van der Waals surface area contributed by atoms with Gasteiger partial charge in [0.2, 0.25) is 5.95 Å². The van der Waals surface area contributed by atoms with E-state index in [1.165, 1.54) is 5.56 Å². The first-order valence-electron chi connectivity index (χ1n) is 11.8. The summed E-state index contributed by atoms with van der Waals surface area (Å²) in [7, 11) is 0. The highest BCUT2D eigenvalue weighted by molar-refractivity contribution is 5.76. The Morgan fingerprint density at radius 3 is 2.36 bits per heavy atom. The van der Waals surface area contributed by atoms with E-state index in [4.69, 9.17) is 5.26 Å². The van der Waals surface area contributed by atoms with Gasteiger partial charge >= 0.3 is 6.03 Å². The molecule has 172 valence electrons. The number of carbonyl (C=O) groups is 1. The first-order chi connectivity index (χ1) is 15.9. The fraction of sp³-hybridized carbons (Fsp3) is 0.520. The van der Waals surface area contributed by atoms with Crippen molar-refractivity contribution in [1.82, 2.24) is 25.1 Å². The summed E-state index contributed by atoms with van der Waals surface area (Å²) in [6, 6.07) is 13.1. The summed E-state index contributed by atoms with van der Waals surface area (Å²) >= 11 is 0. The molecule has 0 bridgehead atoms. The van der Waals surface area contributed by atoms with E-state index in [-0.39, 0.29) is 24.2 Å². The van der Waals surface area contributed by atoms with Crippen molar-refractivity contribution in [3.05, 3.63) is 53.9 Å². The molecule has 8 heteroatoms. The van der Waals surface area contributed by atoms with Gasteiger partial charge in [0.15, 0.2) is 0 Å². The number of urea groups is 1. The summed E-state index contributed by atoms with van der Waals surface area (Å²) in [6.45, 7) is 8.76. The van der Waals surface area contributed by atoms with Crippen molar-refractivity contribution in [2.24, 2.45) is 5.41 Å². The third-order valence-corrected chi connectivity index (χ3v) is 7.26. The van der Waals surface area contributed by atoms with Crippen LogP contribution in [-0.4, -0.2) is 70.1 Å². The topological polar surface area (TPSA) is 88.4 Å². The lowest BCUT2D eigenvalue weighted by Gasteiger charge is -2.59. The van der Waals surface area contributed by atoms with Crippen LogP contribution in [-0.2, 0) is 6.54 Å². The maximum atomic E-state index is 13.1. The number of nitrogens with one attached hydrogen (secondary N) is 1. The Labute approximate surface area is 195 Å². The van der Waals surface area contributed by atoms with Gasteiger partial charge in [-0.2, -0.15) is 5.26 Å². The Kier molecular flexibility index (Phi) is 5.67. The molecule has 3 fully saturated rings. The molecule has 2 atom stereocenters. The van der Waals surface area contributed by atoms with E-state index in [0.717, 1.165) is 32.5 Å². The van der Waals surface area contributed by atoms with Gasteiger partial charge in [0.25, 0.3) is 0 Å². The SMILES string of the molecule is C[C@@H]1CN(c2ncc(C#N)cn2)C[C@H](C)N1C(=O)NC1CC2(C1)CN(Cc1ccccc1)C2. The number of hydrogen-bond donors (Lipinski definition) is 1. The van der Waals surface area contributed by atoms with Crippen LogP contribution in [0.3, 0.4) is 0 Å². The van der Waals surface area contributed by atoms with Crippen LogP contribution in [0.4, 0.5) is 10.7 Å². The number of nitriles is 1. The quantitative estimate of drug-likeness (QED) is 0.778. The van der Waals surface area contributed by atoms with Gasteiger partial charge in [-0.25, -0.2) is 14.8 Å². The fourth-order valence-corrected chi connectivity index (χ4v) is 5.88. The standard InChI is InChI=1S/C25H31N7O/c1-18-13-31(23-27-11-21(10-26)12-28-23)14-19(2)32(18)24(33)29-22-8-25(9-22)16-30(17-25)15-20-6-4-3-5-7-20/h3-7,11-12,18-19,22H,8-9,13-17H2,1-2H3,(H,29,33)/t18-,19+. The van der Waals surface area contributed by atoms with Crippen LogP contribution in [0.15, 0.2) is 42.7 Å². The van der Waals surface area contributed by atoms with Crippen molar-refractivity contribution < 1.29 is 4.79 Å². The van der Waals surface area contributed by atoms with Crippen molar-refractivity contribution in [2.75, 3.05) is 31.1 Å². The van der Waals surface area contributed by atoms with Crippen LogP contribution < -0.4 is 10.2 Å². The molecule has 1 N–H and O–H groups in total. The second-order valence-electron chi connectivity index (χ2n) is 10.1. The molecule has 1 saturated carbocycles. The molecule has 33 heavy (non-hydrogen) atoms. The van der Waals surface area contributed by atoms with Crippen molar-refractivity contribution in [3.63, 3.8) is 0 Å². The molecule has 1 aromatic carbocycles. The minimum Gasteiger partial charge on any atom is -0.337 e. The zero-order valence-corrected chi connectivity index (χ0v) is 19.3. The number of piperazine rings is 1. The van der Waals surface area contributed by atoms with Gasteiger partial charge in [0.05, 0.1) is 18.0 Å². The molecule has 1 aliphatic carbocycles. The van der Waals surface area contributed by atoms with Gasteiger partial charge in [-0.3, -0.25) is 4.90 Å². The summed E-state index contributed by atoms with van der Waals surface area (Å²) in [4.78, 5) is 28.3. The van der Waals surface area contributed by atoms with Gasteiger partial charge in [-0.05, 0) is 37.7 Å². The van der Waals surface area contributed by atoms with Crippen molar-refractivity contribution in [1.29, 1.82) is 5.26 Å². The van der Waals surface area contributed by atoms with E-state index < -0.39 is 0 Å². The van der Waals surface area contributed by atoms with Crippen molar-refractivity contribution >= 4 is 12.0 Å². The van der Waals surface area contributed by atoms with Crippen LogP contribution >= 0.6 is 0 Å². The minimum absolute atomic E-state index is 0.0377. The number of carbonyl (C=O) groups excluding carboxylic acids is 1. The molecule has 2 amide bonds. The van der Waals surface area contributed by atoms with Crippen molar-refractivity contribution in [3.8, 4) is 6.07 Å². The minimum atomic E-state index is 0.0377. The predicted molar refractivity (Wildman–Crippen MR) is 125 cm³/mol. The van der Waals surface area contributed by atoms with E-state index in [1.54, 1.807) is 12.4 Å². The molecule has 8 nitrogen and oxygen atoms in total. The number of anilines is 1. The highest BCUT2D eigenvalue weighted by Gasteiger charge is 2.52. The van der Waals surface area contributed by atoms with Crippen LogP contribution in [0, 0.1) is 16.7 Å². The maximum absolute atomic E-state index is 13.1. The molecule has 1 aromatic heterocycles. The number of rotatable bonds is 4.